The van der Waals surface area contributed by atoms with Gasteiger partial charge < -0.3 is 10.2 Å². The first-order chi connectivity index (χ1) is 13.9. The van der Waals surface area contributed by atoms with E-state index in [0.717, 1.165) is 16.4 Å². The van der Waals surface area contributed by atoms with Crippen LogP contribution >= 0.6 is 0 Å². The van der Waals surface area contributed by atoms with Crippen LogP contribution in [0.2, 0.25) is 0 Å². The Morgan fingerprint density at radius 2 is 1.67 bits per heavy atom. The first kappa shape index (κ1) is 23.7. The molecule has 0 radical (unpaired) electrons. The third kappa shape index (κ3) is 5.11. The van der Waals surface area contributed by atoms with E-state index >= 15 is 0 Å². The van der Waals surface area contributed by atoms with Crippen LogP contribution in [0.1, 0.15) is 29.8 Å². The Morgan fingerprint density at radius 3 is 2.20 bits per heavy atom. The van der Waals surface area contributed by atoms with Gasteiger partial charge >= 0.3 is 6.18 Å². The van der Waals surface area contributed by atoms with Crippen molar-refractivity contribution in [3.63, 3.8) is 0 Å². The Morgan fingerprint density at radius 1 is 1.03 bits per heavy atom. The van der Waals surface area contributed by atoms with Gasteiger partial charge in [0.1, 0.15) is 0 Å². The molecule has 0 aliphatic rings. The summed E-state index contributed by atoms with van der Waals surface area (Å²) >= 11 is 0. The maximum absolute atomic E-state index is 13.2. The molecule has 1 N–H and O–H groups in total. The van der Waals surface area contributed by atoms with Gasteiger partial charge in [0, 0.05) is 32.7 Å². The number of carbonyl (C=O) groups excluding carboxylic acids is 1. The van der Waals surface area contributed by atoms with Crippen molar-refractivity contribution in [2.24, 2.45) is 0 Å². The highest BCUT2D eigenvalue weighted by Crippen LogP contribution is 2.35. The SMILES string of the molecule is CCN(CC)c1ccc(C(F)(F)F)cc1NC(=O)c1cccc(S(=O)(=O)N(C)C)c1. The summed E-state index contributed by atoms with van der Waals surface area (Å²) < 4.78 is 65.2. The second-order valence-corrected chi connectivity index (χ2v) is 8.82. The predicted octanol–water partition coefficient (Wildman–Crippen LogP) is 4.05. The van der Waals surface area contributed by atoms with Crippen molar-refractivity contribution in [2.45, 2.75) is 24.9 Å². The molecule has 0 heterocycles. The lowest BCUT2D eigenvalue weighted by Gasteiger charge is -2.25. The van der Waals surface area contributed by atoms with Gasteiger partial charge in [-0.05, 0) is 50.2 Å². The Labute approximate surface area is 174 Å². The monoisotopic (exact) mass is 443 g/mol. The van der Waals surface area contributed by atoms with E-state index in [0.29, 0.717) is 18.8 Å². The summed E-state index contributed by atoms with van der Waals surface area (Å²) in [6.07, 6.45) is -4.57. The van der Waals surface area contributed by atoms with Crippen LogP contribution in [0.15, 0.2) is 47.4 Å². The quantitative estimate of drug-likeness (QED) is 0.701. The van der Waals surface area contributed by atoms with Crippen LogP contribution in [0.4, 0.5) is 24.5 Å². The molecule has 0 fully saturated rings. The van der Waals surface area contributed by atoms with Gasteiger partial charge in [-0.2, -0.15) is 13.2 Å². The number of sulfonamides is 1. The predicted molar refractivity (Wildman–Crippen MR) is 110 cm³/mol. The van der Waals surface area contributed by atoms with Crippen LogP contribution in [0.3, 0.4) is 0 Å². The Bertz CT molecular complexity index is 1020. The number of alkyl halides is 3. The summed E-state index contributed by atoms with van der Waals surface area (Å²) in [5, 5.41) is 2.51. The number of halogens is 3. The highest BCUT2D eigenvalue weighted by molar-refractivity contribution is 7.89. The standard InChI is InChI=1S/C20H24F3N3O3S/c1-5-26(6-2)18-11-10-15(20(21,22)23)13-17(18)24-19(27)14-8-7-9-16(12-14)30(28,29)25(3)4/h7-13H,5-6H2,1-4H3,(H,24,27). The molecule has 2 aromatic carbocycles. The van der Waals surface area contributed by atoms with Gasteiger partial charge in [0.15, 0.2) is 0 Å². The van der Waals surface area contributed by atoms with Crippen molar-refractivity contribution >= 4 is 27.3 Å². The van der Waals surface area contributed by atoms with E-state index in [9.17, 15) is 26.4 Å². The van der Waals surface area contributed by atoms with Crippen molar-refractivity contribution in [1.82, 2.24) is 4.31 Å². The number of carbonyl (C=O) groups is 1. The van der Waals surface area contributed by atoms with Gasteiger partial charge in [-0.25, -0.2) is 12.7 Å². The van der Waals surface area contributed by atoms with E-state index < -0.39 is 27.7 Å². The highest BCUT2D eigenvalue weighted by Gasteiger charge is 2.31. The Kier molecular flexibility index (Phi) is 7.14. The van der Waals surface area contributed by atoms with Crippen LogP contribution in [0, 0.1) is 0 Å². The molecule has 1 amide bonds. The van der Waals surface area contributed by atoms with Crippen LogP contribution in [0.5, 0.6) is 0 Å². The lowest BCUT2D eigenvalue weighted by molar-refractivity contribution is -0.137. The zero-order valence-corrected chi connectivity index (χ0v) is 17.9. The molecule has 0 atom stereocenters. The second-order valence-electron chi connectivity index (χ2n) is 6.67. The van der Waals surface area contributed by atoms with Crippen LogP contribution in [0.25, 0.3) is 0 Å². The number of nitrogens with one attached hydrogen (secondary N) is 1. The fourth-order valence-corrected chi connectivity index (χ4v) is 3.80. The summed E-state index contributed by atoms with van der Waals surface area (Å²) in [6, 6.07) is 8.50. The molecule has 0 bridgehead atoms. The summed E-state index contributed by atoms with van der Waals surface area (Å²) in [4.78, 5) is 14.5. The number of anilines is 2. The summed E-state index contributed by atoms with van der Waals surface area (Å²) in [5.41, 5.74) is -0.434. The molecule has 0 aromatic heterocycles. The Hall–Kier alpha value is -2.59. The largest absolute Gasteiger partial charge is 0.416 e. The topological polar surface area (TPSA) is 69.7 Å². The van der Waals surface area contributed by atoms with Crippen molar-refractivity contribution < 1.29 is 26.4 Å². The minimum absolute atomic E-state index is 0.000560. The van der Waals surface area contributed by atoms with Crippen molar-refractivity contribution in [3.8, 4) is 0 Å². The van der Waals surface area contributed by atoms with Crippen LogP contribution in [-0.4, -0.2) is 45.8 Å². The molecule has 0 saturated carbocycles. The van der Waals surface area contributed by atoms with Crippen molar-refractivity contribution in [1.29, 1.82) is 0 Å². The zero-order valence-electron chi connectivity index (χ0n) is 17.1. The van der Waals surface area contributed by atoms with E-state index in [2.05, 4.69) is 5.32 Å². The Balaban J connectivity index is 2.47. The average molecular weight is 443 g/mol. The number of hydrogen-bond acceptors (Lipinski definition) is 4. The van der Waals surface area contributed by atoms with Crippen molar-refractivity contribution in [2.75, 3.05) is 37.4 Å². The van der Waals surface area contributed by atoms with Gasteiger partial charge in [-0.1, -0.05) is 6.07 Å². The van der Waals surface area contributed by atoms with Crippen LogP contribution < -0.4 is 10.2 Å². The van der Waals surface area contributed by atoms with E-state index in [1.807, 2.05) is 18.7 Å². The average Bonchev–Trinajstić information content (AvgIpc) is 2.69. The third-order valence-corrected chi connectivity index (χ3v) is 6.36. The highest BCUT2D eigenvalue weighted by atomic mass is 32.2. The summed E-state index contributed by atoms with van der Waals surface area (Å²) in [5.74, 6) is -0.710. The first-order valence-electron chi connectivity index (χ1n) is 9.22. The third-order valence-electron chi connectivity index (χ3n) is 4.55. The van der Waals surface area contributed by atoms with Gasteiger partial charge in [0.2, 0.25) is 10.0 Å². The molecule has 30 heavy (non-hydrogen) atoms. The maximum atomic E-state index is 13.2. The molecule has 0 spiro atoms. The fourth-order valence-electron chi connectivity index (χ4n) is 2.86. The molecule has 2 aromatic rings. The molecule has 0 aliphatic carbocycles. The van der Waals surface area contributed by atoms with Gasteiger partial charge in [-0.15, -0.1) is 0 Å². The molecule has 0 unspecified atom stereocenters. The molecule has 2 rings (SSSR count). The molecule has 6 nitrogen and oxygen atoms in total. The maximum Gasteiger partial charge on any atom is 0.416 e. The van der Waals surface area contributed by atoms with E-state index in [-0.39, 0.29) is 16.1 Å². The summed E-state index contributed by atoms with van der Waals surface area (Å²) in [6.45, 7) is 4.76. The lowest BCUT2D eigenvalue weighted by Crippen LogP contribution is -2.25. The minimum Gasteiger partial charge on any atom is -0.370 e. The molecular weight excluding hydrogens is 419 g/mol. The number of amides is 1. The number of hydrogen-bond donors (Lipinski definition) is 1. The number of benzene rings is 2. The van der Waals surface area contributed by atoms with Gasteiger partial charge in [0.05, 0.1) is 21.8 Å². The molecular formula is C20H24F3N3O3S. The summed E-state index contributed by atoms with van der Waals surface area (Å²) in [7, 11) is -1.04. The fraction of sp³-hybridized carbons (Fsp3) is 0.350. The molecule has 10 heteroatoms. The second kappa shape index (κ2) is 9.05. The lowest BCUT2D eigenvalue weighted by atomic mass is 10.1. The van der Waals surface area contributed by atoms with Crippen LogP contribution in [-0.2, 0) is 16.2 Å². The molecule has 0 saturated heterocycles. The van der Waals surface area contributed by atoms with E-state index in [1.165, 1.54) is 44.4 Å². The minimum atomic E-state index is -4.57. The molecule has 164 valence electrons. The van der Waals surface area contributed by atoms with Gasteiger partial charge in [-0.3, -0.25) is 4.79 Å². The first-order valence-corrected chi connectivity index (χ1v) is 10.7. The van der Waals surface area contributed by atoms with Crippen molar-refractivity contribution in [3.05, 3.63) is 53.6 Å². The zero-order chi connectivity index (χ0) is 22.7. The van der Waals surface area contributed by atoms with E-state index in [1.54, 1.807) is 0 Å². The van der Waals surface area contributed by atoms with Gasteiger partial charge in [0.25, 0.3) is 5.91 Å². The number of rotatable bonds is 7. The number of nitrogens with zero attached hydrogens (tertiary/aromatic N) is 2. The molecule has 0 aliphatic heterocycles. The normalized spacial score (nSPS) is 12.1. The smallest absolute Gasteiger partial charge is 0.370 e. The van der Waals surface area contributed by atoms with E-state index in [4.69, 9.17) is 0 Å².